The highest BCUT2D eigenvalue weighted by Gasteiger charge is 2.53. The molecular formula is C22H28N4O3. The lowest BCUT2D eigenvalue weighted by atomic mass is 9.48. The lowest BCUT2D eigenvalue weighted by Gasteiger charge is -2.59. The van der Waals surface area contributed by atoms with Crippen LogP contribution in [0, 0.1) is 34.5 Å². The number of nitrogens with zero attached hydrogens (tertiary/aromatic N) is 3. The van der Waals surface area contributed by atoms with E-state index in [0.29, 0.717) is 18.7 Å². The molecule has 1 amide bonds. The summed E-state index contributed by atoms with van der Waals surface area (Å²) >= 11 is 0. The second-order valence-electron chi connectivity index (χ2n) is 9.93. The number of carbonyl (C=O) groups is 1. The number of amides is 1. The Balaban J connectivity index is 1.36. The van der Waals surface area contributed by atoms with Gasteiger partial charge in [-0.1, -0.05) is 0 Å². The monoisotopic (exact) mass is 396 g/mol. The van der Waals surface area contributed by atoms with Crippen LogP contribution in [0.2, 0.25) is 0 Å². The lowest BCUT2D eigenvalue weighted by molar-refractivity contribution is -0.126. The van der Waals surface area contributed by atoms with Crippen molar-refractivity contribution in [2.45, 2.75) is 77.4 Å². The van der Waals surface area contributed by atoms with Crippen LogP contribution in [-0.4, -0.2) is 21.1 Å². The van der Waals surface area contributed by atoms with E-state index in [-0.39, 0.29) is 29.5 Å². The Hall–Kier alpha value is -2.36. The molecule has 4 saturated carbocycles. The SMILES string of the molecule is C[C@@H](NC(=O)Cn1c(=O)c(C#N)c2n(c1=O)CCC2)C12CC3CC(CC(C3)C1)C2. The topological polar surface area (TPSA) is 96.9 Å². The number of fused-ring (bicyclic) bond motifs is 1. The van der Waals surface area contributed by atoms with Gasteiger partial charge in [-0.25, -0.2) is 9.36 Å². The highest BCUT2D eigenvalue weighted by atomic mass is 16.2. The van der Waals surface area contributed by atoms with Crippen LogP contribution in [-0.2, 0) is 24.3 Å². The van der Waals surface area contributed by atoms with E-state index >= 15 is 0 Å². The molecule has 1 atom stereocenters. The molecule has 0 aromatic carbocycles. The summed E-state index contributed by atoms with van der Waals surface area (Å²) in [5.41, 5.74) is -0.423. The highest BCUT2D eigenvalue weighted by Crippen LogP contribution is 2.61. The van der Waals surface area contributed by atoms with Crippen molar-refractivity contribution in [3.05, 3.63) is 32.1 Å². The van der Waals surface area contributed by atoms with E-state index in [1.807, 2.05) is 6.07 Å². The summed E-state index contributed by atoms with van der Waals surface area (Å²) in [6.07, 6.45) is 8.88. The third kappa shape index (κ3) is 2.87. The summed E-state index contributed by atoms with van der Waals surface area (Å²) in [4.78, 5) is 38.2. The summed E-state index contributed by atoms with van der Waals surface area (Å²) in [6, 6.07) is 1.98. The third-order valence-electron chi connectivity index (χ3n) is 8.13. The molecule has 6 rings (SSSR count). The predicted octanol–water partition coefficient (Wildman–Crippen LogP) is 1.55. The maximum Gasteiger partial charge on any atom is 0.331 e. The van der Waals surface area contributed by atoms with E-state index in [1.54, 1.807) is 0 Å². The number of nitrogens with one attached hydrogen (secondary N) is 1. The Labute approximate surface area is 169 Å². The van der Waals surface area contributed by atoms with E-state index in [1.165, 1.54) is 43.1 Å². The van der Waals surface area contributed by atoms with Crippen LogP contribution in [0.15, 0.2) is 9.59 Å². The molecule has 0 saturated heterocycles. The Morgan fingerprint density at radius 1 is 1.21 bits per heavy atom. The summed E-state index contributed by atoms with van der Waals surface area (Å²) < 4.78 is 2.42. The van der Waals surface area contributed by atoms with E-state index in [0.717, 1.165) is 28.7 Å². The highest BCUT2D eigenvalue weighted by molar-refractivity contribution is 5.76. The van der Waals surface area contributed by atoms with Gasteiger partial charge in [0.25, 0.3) is 5.56 Å². The van der Waals surface area contributed by atoms with Gasteiger partial charge >= 0.3 is 5.69 Å². The maximum absolute atomic E-state index is 12.8. The molecule has 0 unspecified atom stereocenters. The van der Waals surface area contributed by atoms with Gasteiger partial charge < -0.3 is 5.32 Å². The first kappa shape index (κ1) is 18.7. The normalized spacial score (nSPS) is 32.6. The fourth-order valence-corrected chi connectivity index (χ4v) is 7.18. The van der Waals surface area contributed by atoms with Gasteiger partial charge in [-0.05, 0) is 81.5 Å². The van der Waals surface area contributed by atoms with Gasteiger partial charge in [0.15, 0.2) is 0 Å². The molecule has 1 aromatic heterocycles. The van der Waals surface area contributed by atoms with Crippen LogP contribution in [0.5, 0.6) is 0 Å². The van der Waals surface area contributed by atoms with Crippen LogP contribution in [0.25, 0.3) is 0 Å². The molecule has 0 spiro atoms. The molecule has 0 radical (unpaired) electrons. The van der Waals surface area contributed by atoms with Crippen molar-refractivity contribution in [1.29, 1.82) is 5.26 Å². The molecule has 4 fully saturated rings. The molecular weight excluding hydrogens is 368 g/mol. The summed E-state index contributed by atoms with van der Waals surface area (Å²) in [5, 5.41) is 12.5. The fourth-order valence-electron chi connectivity index (χ4n) is 7.18. The summed E-state index contributed by atoms with van der Waals surface area (Å²) in [6.45, 7) is 2.27. The third-order valence-corrected chi connectivity index (χ3v) is 8.13. The Bertz CT molecular complexity index is 993. The molecule has 7 nitrogen and oxygen atoms in total. The molecule has 1 aliphatic heterocycles. The number of hydrogen-bond acceptors (Lipinski definition) is 4. The van der Waals surface area contributed by atoms with Crippen LogP contribution < -0.4 is 16.6 Å². The molecule has 5 aliphatic rings. The summed E-state index contributed by atoms with van der Waals surface area (Å²) in [7, 11) is 0. The summed E-state index contributed by atoms with van der Waals surface area (Å²) in [5.74, 6) is 2.07. The van der Waals surface area contributed by atoms with Crippen molar-refractivity contribution in [1.82, 2.24) is 14.5 Å². The van der Waals surface area contributed by atoms with Gasteiger partial charge in [-0.3, -0.25) is 14.2 Å². The van der Waals surface area contributed by atoms with E-state index in [9.17, 15) is 19.6 Å². The predicted molar refractivity (Wildman–Crippen MR) is 106 cm³/mol. The average Bonchev–Trinajstić information content (AvgIpc) is 3.14. The van der Waals surface area contributed by atoms with Crippen molar-refractivity contribution in [2.24, 2.45) is 23.2 Å². The molecule has 154 valence electrons. The zero-order valence-corrected chi connectivity index (χ0v) is 16.9. The van der Waals surface area contributed by atoms with E-state index in [4.69, 9.17) is 0 Å². The first-order valence-electron chi connectivity index (χ1n) is 11.0. The van der Waals surface area contributed by atoms with Gasteiger partial charge in [0.1, 0.15) is 18.2 Å². The Kier molecular flexibility index (Phi) is 4.23. The Morgan fingerprint density at radius 3 is 2.41 bits per heavy atom. The molecule has 7 heteroatoms. The van der Waals surface area contributed by atoms with Crippen molar-refractivity contribution >= 4 is 5.91 Å². The quantitative estimate of drug-likeness (QED) is 0.835. The number of carbonyl (C=O) groups excluding carboxylic acids is 1. The van der Waals surface area contributed by atoms with Crippen LogP contribution in [0.4, 0.5) is 0 Å². The fraction of sp³-hybridized carbons (Fsp3) is 0.727. The number of hydrogen-bond donors (Lipinski definition) is 1. The van der Waals surface area contributed by atoms with Crippen LogP contribution in [0.1, 0.15) is 63.1 Å². The van der Waals surface area contributed by atoms with Gasteiger partial charge in [-0.2, -0.15) is 5.26 Å². The molecule has 4 bridgehead atoms. The zero-order valence-electron chi connectivity index (χ0n) is 16.9. The van der Waals surface area contributed by atoms with Gasteiger partial charge in [0.2, 0.25) is 5.91 Å². The number of nitriles is 1. The molecule has 1 aromatic rings. The Morgan fingerprint density at radius 2 is 1.83 bits per heavy atom. The minimum atomic E-state index is -0.636. The largest absolute Gasteiger partial charge is 0.352 e. The van der Waals surface area contributed by atoms with Crippen molar-refractivity contribution in [2.75, 3.05) is 0 Å². The second-order valence-corrected chi connectivity index (χ2v) is 9.93. The smallest absolute Gasteiger partial charge is 0.331 e. The average molecular weight is 396 g/mol. The standard InChI is InChI=1S/C22H28N4O3/c1-13(22-8-14-5-15(9-22)7-16(6-14)10-22)24-19(27)12-26-20(28)17(11-23)18-3-2-4-25(18)21(26)29/h13-16H,2-10,12H2,1H3,(H,24,27)/t13-,14?,15?,16?,22?/m1/s1. The number of rotatable bonds is 4. The van der Waals surface area contributed by atoms with Gasteiger partial charge in [-0.15, -0.1) is 0 Å². The lowest BCUT2D eigenvalue weighted by Crippen LogP contribution is -2.56. The molecule has 4 aliphatic carbocycles. The minimum Gasteiger partial charge on any atom is -0.352 e. The van der Waals surface area contributed by atoms with Crippen LogP contribution in [0.3, 0.4) is 0 Å². The van der Waals surface area contributed by atoms with Crippen molar-refractivity contribution < 1.29 is 4.79 Å². The van der Waals surface area contributed by atoms with Gasteiger partial charge in [0, 0.05) is 18.3 Å². The second kappa shape index (κ2) is 6.58. The molecule has 1 N–H and O–H groups in total. The van der Waals surface area contributed by atoms with Crippen molar-refractivity contribution in [3.63, 3.8) is 0 Å². The minimum absolute atomic E-state index is 0.00373. The molecule has 2 heterocycles. The molecule has 29 heavy (non-hydrogen) atoms. The van der Waals surface area contributed by atoms with E-state index in [2.05, 4.69) is 12.2 Å². The first-order chi connectivity index (χ1) is 13.9. The first-order valence-corrected chi connectivity index (χ1v) is 11.0. The van der Waals surface area contributed by atoms with Crippen LogP contribution >= 0.6 is 0 Å². The van der Waals surface area contributed by atoms with Crippen molar-refractivity contribution in [3.8, 4) is 6.07 Å². The number of aromatic nitrogens is 2. The maximum atomic E-state index is 12.8. The van der Waals surface area contributed by atoms with Gasteiger partial charge in [0.05, 0.1) is 0 Å². The zero-order chi connectivity index (χ0) is 20.3. The van der Waals surface area contributed by atoms with E-state index < -0.39 is 11.2 Å².